The zero-order valence-corrected chi connectivity index (χ0v) is 14.8. The van der Waals surface area contributed by atoms with Gasteiger partial charge in [0.25, 0.3) is 5.91 Å². The van der Waals surface area contributed by atoms with Gasteiger partial charge in [0.15, 0.2) is 0 Å². The van der Waals surface area contributed by atoms with Crippen LogP contribution in [-0.4, -0.2) is 42.1 Å². The van der Waals surface area contributed by atoms with Crippen molar-refractivity contribution in [1.29, 1.82) is 0 Å². The van der Waals surface area contributed by atoms with E-state index < -0.39 is 34.8 Å². The molecule has 1 heterocycles. The predicted octanol–water partition coefficient (Wildman–Crippen LogP) is 3.34. The second-order valence-corrected chi connectivity index (χ2v) is 7.24. The zero-order chi connectivity index (χ0) is 18.6. The van der Waals surface area contributed by atoms with E-state index in [4.69, 9.17) is 4.74 Å². The van der Waals surface area contributed by atoms with Gasteiger partial charge in [0, 0.05) is 19.6 Å². The Balaban J connectivity index is 1.94. The SMILES string of the molecule is CC(C)(C)OC(=O)NC[C@H]1CCCN(C(=O)c2c(F)cccc2F)C1. The van der Waals surface area contributed by atoms with Crippen molar-refractivity contribution in [2.75, 3.05) is 19.6 Å². The molecule has 0 aromatic heterocycles. The number of ether oxygens (including phenoxy) is 1. The second-order valence-electron chi connectivity index (χ2n) is 7.24. The number of piperidine rings is 1. The van der Waals surface area contributed by atoms with Crippen molar-refractivity contribution in [1.82, 2.24) is 10.2 Å². The number of amides is 2. The number of alkyl carbamates (subject to hydrolysis) is 1. The Bertz CT molecular complexity index is 623. The first kappa shape index (κ1) is 19.1. The molecule has 2 amide bonds. The number of carbonyl (C=O) groups is 2. The number of nitrogens with one attached hydrogen (secondary N) is 1. The van der Waals surface area contributed by atoms with Gasteiger partial charge in [-0.3, -0.25) is 4.79 Å². The van der Waals surface area contributed by atoms with Crippen molar-refractivity contribution in [3.63, 3.8) is 0 Å². The molecule has 1 aliphatic rings. The molecule has 0 aliphatic carbocycles. The maximum atomic E-state index is 13.8. The van der Waals surface area contributed by atoms with Crippen LogP contribution in [0.5, 0.6) is 0 Å². The van der Waals surface area contributed by atoms with Gasteiger partial charge in [0.2, 0.25) is 0 Å². The van der Waals surface area contributed by atoms with Crippen LogP contribution >= 0.6 is 0 Å². The number of carbonyl (C=O) groups excluding carboxylic acids is 2. The summed E-state index contributed by atoms with van der Waals surface area (Å²) in [5.74, 6) is -2.37. The molecule has 7 heteroatoms. The monoisotopic (exact) mass is 354 g/mol. The number of likely N-dealkylation sites (tertiary alicyclic amines) is 1. The molecule has 0 saturated carbocycles. The van der Waals surface area contributed by atoms with Crippen LogP contribution in [0.25, 0.3) is 0 Å². The summed E-state index contributed by atoms with van der Waals surface area (Å²) in [5, 5.41) is 2.68. The van der Waals surface area contributed by atoms with Crippen molar-refractivity contribution in [3.05, 3.63) is 35.4 Å². The number of halogens is 2. The van der Waals surface area contributed by atoms with E-state index in [-0.39, 0.29) is 5.92 Å². The number of hydrogen-bond donors (Lipinski definition) is 1. The number of hydrogen-bond acceptors (Lipinski definition) is 3. The maximum absolute atomic E-state index is 13.8. The van der Waals surface area contributed by atoms with Crippen LogP contribution in [0.4, 0.5) is 13.6 Å². The molecule has 1 N–H and O–H groups in total. The van der Waals surface area contributed by atoms with Crippen molar-refractivity contribution < 1.29 is 23.1 Å². The number of rotatable bonds is 3. The van der Waals surface area contributed by atoms with Crippen LogP contribution in [-0.2, 0) is 4.74 Å². The highest BCUT2D eigenvalue weighted by atomic mass is 19.1. The average molecular weight is 354 g/mol. The maximum Gasteiger partial charge on any atom is 0.407 e. The van der Waals surface area contributed by atoms with Crippen LogP contribution in [0.15, 0.2) is 18.2 Å². The molecule has 0 unspecified atom stereocenters. The minimum absolute atomic E-state index is 0.0139. The van der Waals surface area contributed by atoms with Gasteiger partial charge in [-0.2, -0.15) is 0 Å². The fraction of sp³-hybridized carbons (Fsp3) is 0.556. The van der Waals surface area contributed by atoms with Crippen LogP contribution in [0, 0.1) is 17.6 Å². The van der Waals surface area contributed by atoms with Gasteiger partial charge in [-0.1, -0.05) is 6.07 Å². The molecule has 0 spiro atoms. The smallest absolute Gasteiger partial charge is 0.407 e. The number of benzene rings is 1. The van der Waals surface area contributed by atoms with Crippen LogP contribution < -0.4 is 5.32 Å². The lowest BCUT2D eigenvalue weighted by molar-refractivity contribution is 0.0502. The highest BCUT2D eigenvalue weighted by Gasteiger charge is 2.28. The first-order valence-corrected chi connectivity index (χ1v) is 8.37. The summed E-state index contributed by atoms with van der Waals surface area (Å²) in [5.41, 5.74) is -1.11. The van der Waals surface area contributed by atoms with E-state index in [0.29, 0.717) is 26.1 Å². The van der Waals surface area contributed by atoms with Crippen molar-refractivity contribution in [2.45, 2.75) is 39.2 Å². The predicted molar refractivity (Wildman–Crippen MR) is 89.2 cm³/mol. The summed E-state index contributed by atoms with van der Waals surface area (Å²) in [4.78, 5) is 25.6. The van der Waals surface area contributed by atoms with E-state index in [0.717, 1.165) is 18.6 Å². The minimum atomic E-state index is -0.862. The first-order chi connectivity index (χ1) is 11.7. The van der Waals surface area contributed by atoms with E-state index in [1.54, 1.807) is 20.8 Å². The Hall–Kier alpha value is -2.18. The molecule has 25 heavy (non-hydrogen) atoms. The first-order valence-electron chi connectivity index (χ1n) is 8.37. The molecule has 0 radical (unpaired) electrons. The summed E-state index contributed by atoms with van der Waals surface area (Å²) in [6, 6.07) is 3.37. The number of nitrogens with zero attached hydrogens (tertiary/aromatic N) is 1. The summed E-state index contributed by atoms with van der Waals surface area (Å²) in [7, 11) is 0. The molecule has 1 fully saturated rings. The lowest BCUT2D eigenvalue weighted by atomic mass is 9.97. The topological polar surface area (TPSA) is 58.6 Å². The van der Waals surface area contributed by atoms with Gasteiger partial charge in [-0.15, -0.1) is 0 Å². The van der Waals surface area contributed by atoms with Crippen molar-refractivity contribution in [2.24, 2.45) is 5.92 Å². The van der Waals surface area contributed by atoms with Crippen molar-refractivity contribution >= 4 is 12.0 Å². The summed E-state index contributed by atoms with van der Waals surface area (Å²) in [6.07, 6.45) is 1.01. The average Bonchev–Trinajstić information content (AvgIpc) is 2.51. The molecule has 1 aromatic rings. The Morgan fingerprint density at radius 1 is 1.28 bits per heavy atom. The Labute approximate surface area is 146 Å². The highest BCUT2D eigenvalue weighted by molar-refractivity contribution is 5.94. The van der Waals surface area contributed by atoms with Gasteiger partial charge in [-0.05, 0) is 51.7 Å². The summed E-state index contributed by atoms with van der Waals surface area (Å²) < 4.78 is 32.8. The lowest BCUT2D eigenvalue weighted by Gasteiger charge is -2.33. The fourth-order valence-corrected chi connectivity index (χ4v) is 2.82. The van der Waals surface area contributed by atoms with Crippen LogP contribution in [0.2, 0.25) is 0 Å². The third-order valence-electron chi connectivity index (χ3n) is 3.92. The van der Waals surface area contributed by atoms with Crippen LogP contribution in [0.3, 0.4) is 0 Å². The normalized spacial score (nSPS) is 18.0. The molecule has 138 valence electrons. The van der Waals surface area contributed by atoms with Gasteiger partial charge >= 0.3 is 6.09 Å². The largest absolute Gasteiger partial charge is 0.444 e. The Morgan fingerprint density at radius 3 is 2.52 bits per heavy atom. The third-order valence-corrected chi connectivity index (χ3v) is 3.92. The van der Waals surface area contributed by atoms with E-state index in [1.165, 1.54) is 11.0 Å². The van der Waals surface area contributed by atoms with E-state index in [1.807, 2.05) is 0 Å². The molecular weight excluding hydrogens is 330 g/mol. The minimum Gasteiger partial charge on any atom is -0.444 e. The molecule has 1 aliphatic heterocycles. The third kappa shape index (κ3) is 5.41. The molecule has 1 atom stereocenters. The standard InChI is InChI=1S/C18H24F2N2O3/c1-18(2,3)25-17(24)21-10-12-6-5-9-22(11-12)16(23)15-13(19)7-4-8-14(15)20/h4,7-8,12H,5-6,9-11H2,1-3H3,(H,21,24)/t12-/m1/s1. The molecule has 1 saturated heterocycles. The van der Waals surface area contributed by atoms with Crippen molar-refractivity contribution in [3.8, 4) is 0 Å². The van der Waals surface area contributed by atoms with Gasteiger partial charge in [-0.25, -0.2) is 13.6 Å². The van der Waals surface area contributed by atoms with E-state index >= 15 is 0 Å². The van der Waals surface area contributed by atoms with E-state index in [2.05, 4.69) is 5.32 Å². The van der Waals surface area contributed by atoms with Gasteiger partial charge in [0.1, 0.15) is 22.8 Å². The van der Waals surface area contributed by atoms with Crippen LogP contribution in [0.1, 0.15) is 44.0 Å². The van der Waals surface area contributed by atoms with E-state index in [9.17, 15) is 18.4 Å². The lowest BCUT2D eigenvalue weighted by Crippen LogP contribution is -2.44. The van der Waals surface area contributed by atoms with Gasteiger partial charge < -0.3 is 15.0 Å². The molecular formula is C18H24F2N2O3. The Kier molecular flexibility index (Phi) is 5.98. The molecule has 1 aromatic carbocycles. The summed E-state index contributed by atoms with van der Waals surface area (Å²) in [6.45, 7) is 6.44. The zero-order valence-electron chi connectivity index (χ0n) is 14.8. The quantitative estimate of drug-likeness (QED) is 0.906. The molecule has 0 bridgehead atoms. The molecule has 5 nitrogen and oxygen atoms in total. The molecule has 2 rings (SSSR count). The second kappa shape index (κ2) is 7.80. The highest BCUT2D eigenvalue weighted by Crippen LogP contribution is 2.21. The summed E-state index contributed by atoms with van der Waals surface area (Å²) >= 11 is 0. The fourth-order valence-electron chi connectivity index (χ4n) is 2.82. The van der Waals surface area contributed by atoms with Gasteiger partial charge in [0.05, 0.1) is 0 Å². The Morgan fingerprint density at radius 2 is 1.92 bits per heavy atom.